The van der Waals surface area contributed by atoms with Crippen LogP contribution in [0.4, 0.5) is 4.39 Å². The Morgan fingerprint density at radius 1 is 1.31 bits per heavy atom. The zero-order valence-electron chi connectivity index (χ0n) is 15.0. The third-order valence-electron chi connectivity index (χ3n) is 5.07. The van der Waals surface area contributed by atoms with Crippen LogP contribution < -0.4 is 5.73 Å². The number of nitrogens with two attached hydrogens (primary N) is 1. The number of likely N-dealkylation sites (tertiary alicyclic amines) is 1. The number of amides is 2. The lowest BCUT2D eigenvalue weighted by Crippen LogP contribution is -2.35. The van der Waals surface area contributed by atoms with Crippen molar-refractivity contribution in [2.45, 2.75) is 26.7 Å². The minimum atomic E-state index is -0.661. The smallest absolute Gasteiger partial charge is 0.250 e. The molecular formula is C20H22FN3O2. The molecule has 1 fully saturated rings. The molecule has 1 aliphatic heterocycles. The highest BCUT2D eigenvalue weighted by atomic mass is 19.1. The molecule has 1 aromatic carbocycles. The summed E-state index contributed by atoms with van der Waals surface area (Å²) < 4.78 is 14.8. The third-order valence-corrected chi connectivity index (χ3v) is 5.07. The summed E-state index contributed by atoms with van der Waals surface area (Å²) in [5.41, 5.74) is 9.44. The van der Waals surface area contributed by atoms with Crippen LogP contribution in [0, 0.1) is 19.7 Å². The minimum absolute atomic E-state index is 0.0828. The first-order chi connectivity index (χ1) is 12.3. The quantitative estimate of drug-likeness (QED) is 0.829. The van der Waals surface area contributed by atoms with Crippen molar-refractivity contribution in [3.8, 4) is 0 Å². The SMILES string of the molecule is C=CC(=O)N1CCC(=Cc2c(F)cc(C(N)=O)c3[nH]c(C)c(C)c23)CC1. The fourth-order valence-corrected chi connectivity index (χ4v) is 3.48. The number of hydrogen-bond acceptors (Lipinski definition) is 2. The summed E-state index contributed by atoms with van der Waals surface area (Å²) >= 11 is 0. The van der Waals surface area contributed by atoms with E-state index >= 15 is 0 Å². The average Bonchev–Trinajstić information content (AvgIpc) is 2.92. The first-order valence-electron chi connectivity index (χ1n) is 8.55. The molecule has 6 heteroatoms. The van der Waals surface area contributed by atoms with Crippen molar-refractivity contribution in [2.24, 2.45) is 5.73 Å². The molecule has 1 aliphatic rings. The lowest BCUT2D eigenvalue weighted by atomic mass is 9.96. The molecule has 1 saturated heterocycles. The first kappa shape index (κ1) is 17.9. The van der Waals surface area contributed by atoms with Crippen LogP contribution in [0.3, 0.4) is 0 Å². The van der Waals surface area contributed by atoms with Gasteiger partial charge in [0.1, 0.15) is 5.82 Å². The molecule has 26 heavy (non-hydrogen) atoms. The van der Waals surface area contributed by atoms with E-state index in [4.69, 9.17) is 5.73 Å². The van der Waals surface area contributed by atoms with Gasteiger partial charge in [-0.1, -0.05) is 18.2 Å². The maximum atomic E-state index is 14.8. The number of hydrogen-bond donors (Lipinski definition) is 2. The highest BCUT2D eigenvalue weighted by Gasteiger charge is 2.21. The second kappa shape index (κ2) is 6.78. The molecule has 136 valence electrons. The van der Waals surface area contributed by atoms with Crippen LogP contribution in [0.1, 0.15) is 40.0 Å². The third kappa shape index (κ3) is 3.03. The van der Waals surface area contributed by atoms with E-state index in [1.807, 2.05) is 19.9 Å². The van der Waals surface area contributed by atoms with E-state index in [2.05, 4.69) is 11.6 Å². The molecule has 1 aromatic heterocycles. The van der Waals surface area contributed by atoms with Crippen molar-refractivity contribution < 1.29 is 14.0 Å². The lowest BCUT2D eigenvalue weighted by molar-refractivity contribution is -0.126. The molecule has 2 amide bonds. The predicted octanol–water partition coefficient (Wildman–Crippen LogP) is 3.21. The topological polar surface area (TPSA) is 79.2 Å². The van der Waals surface area contributed by atoms with Gasteiger partial charge >= 0.3 is 0 Å². The molecule has 0 aliphatic carbocycles. The normalized spacial score (nSPS) is 14.6. The molecule has 0 bridgehead atoms. The number of piperidine rings is 1. The molecule has 0 spiro atoms. The number of benzene rings is 1. The second-order valence-electron chi connectivity index (χ2n) is 6.64. The highest BCUT2D eigenvalue weighted by molar-refractivity contribution is 6.08. The number of primary amides is 1. The van der Waals surface area contributed by atoms with Gasteiger partial charge in [0, 0.05) is 29.7 Å². The summed E-state index contributed by atoms with van der Waals surface area (Å²) in [6.45, 7) is 8.46. The van der Waals surface area contributed by atoms with Gasteiger partial charge < -0.3 is 15.6 Å². The van der Waals surface area contributed by atoms with Crippen LogP contribution in [0.5, 0.6) is 0 Å². The van der Waals surface area contributed by atoms with E-state index in [1.165, 1.54) is 12.1 Å². The largest absolute Gasteiger partial charge is 0.366 e. The number of H-pyrrole nitrogens is 1. The maximum absolute atomic E-state index is 14.8. The molecule has 0 saturated carbocycles. The number of aryl methyl sites for hydroxylation is 2. The molecule has 3 rings (SSSR count). The number of fused-ring (bicyclic) bond motifs is 1. The Morgan fingerprint density at radius 3 is 2.54 bits per heavy atom. The van der Waals surface area contributed by atoms with Crippen molar-refractivity contribution in [1.82, 2.24) is 9.88 Å². The first-order valence-corrected chi connectivity index (χ1v) is 8.55. The Balaban J connectivity index is 2.05. The van der Waals surface area contributed by atoms with Crippen LogP contribution >= 0.6 is 0 Å². The van der Waals surface area contributed by atoms with Crippen LogP contribution in [-0.2, 0) is 4.79 Å². The monoisotopic (exact) mass is 355 g/mol. The number of carbonyl (C=O) groups is 2. The summed E-state index contributed by atoms with van der Waals surface area (Å²) in [5.74, 6) is -1.21. The molecule has 5 nitrogen and oxygen atoms in total. The highest BCUT2D eigenvalue weighted by Crippen LogP contribution is 2.32. The number of rotatable bonds is 3. The number of aromatic amines is 1. The van der Waals surface area contributed by atoms with Gasteiger partial charge in [-0.3, -0.25) is 9.59 Å². The van der Waals surface area contributed by atoms with Gasteiger partial charge in [-0.15, -0.1) is 0 Å². The predicted molar refractivity (Wildman–Crippen MR) is 100 cm³/mol. The molecular weight excluding hydrogens is 333 g/mol. The van der Waals surface area contributed by atoms with E-state index in [1.54, 1.807) is 4.90 Å². The Labute approximate surface area is 151 Å². The summed E-state index contributed by atoms with van der Waals surface area (Å²) in [4.78, 5) is 28.3. The van der Waals surface area contributed by atoms with E-state index in [0.717, 1.165) is 16.8 Å². The van der Waals surface area contributed by atoms with Crippen LogP contribution in [0.15, 0.2) is 24.3 Å². The molecule has 2 heterocycles. The van der Waals surface area contributed by atoms with Gasteiger partial charge in [0.15, 0.2) is 0 Å². The lowest BCUT2D eigenvalue weighted by Gasteiger charge is -2.27. The van der Waals surface area contributed by atoms with Crippen molar-refractivity contribution in [3.05, 3.63) is 52.5 Å². The van der Waals surface area contributed by atoms with E-state index < -0.39 is 11.7 Å². The summed E-state index contributed by atoms with van der Waals surface area (Å²) in [7, 11) is 0. The van der Waals surface area contributed by atoms with Gasteiger partial charge in [-0.05, 0) is 44.4 Å². The average molecular weight is 355 g/mol. The Kier molecular flexibility index (Phi) is 4.68. The number of aromatic nitrogens is 1. The molecule has 0 atom stereocenters. The second-order valence-corrected chi connectivity index (χ2v) is 6.64. The van der Waals surface area contributed by atoms with Crippen LogP contribution in [0.25, 0.3) is 17.0 Å². The van der Waals surface area contributed by atoms with Crippen molar-refractivity contribution >= 4 is 28.8 Å². The Bertz CT molecular complexity index is 946. The standard InChI is InChI=1S/C20H22FN3O2/c1-4-17(25)24-7-5-13(6-8-24)9-14-16(21)10-15(20(22)26)19-18(14)11(2)12(3)23-19/h4,9-10,23H,1,5-8H2,2-3H3,(H2,22,26). The van der Waals surface area contributed by atoms with Gasteiger partial charge in [0.25, 0.3) is 5.91 Å². The fraction of sp³-hybridized carbons (Fsp3) is 0.300. The molecule has 0 radical (unpaired) electrons. The van der Waals surface area contributed by atoms with Crippen LogP contribution in [-0.4, -0.2) is 34.8 Å². The van der Waals surface area contributed by atoms with E-state index in [9.17, 15) is 14.0 Å². The van der Waals surface area contributed by atoms with E-state index in [-0.39, 0.29) is 11.5 Å². The summed E-state index contributed by atoms with van der Waals surface area (Å²) in [6.07, 6.45) is 4.52. The van der Waals surface area contributed by atoms with Gasteiger partial charge in [-0.25, -0.2) is 4.39 Å². The van der Waals surface area contributed by atoms with Gasteiger partial charge in [-0.2, -0.15) is 0 Å². The van der Waals surface area contributed by atoms with Crippen molar-refractivity contribution in [2.75, 3.05) is 13.1 Å². The molecule has 3 N–H and O–H groups in total. The zero-order valence-corrected chi connectivity index (χ0v) is 15.0. The van der Waals surface area contributed by atoms with Crippen LogP contribution in [0.2, 0.25) is 0 Å². The number of carbonyl (C=O) groups excluding carboxylic acids is 2. The summed E-state index contributed by atoms with van der Waals surface area (Å²) in [5, 5.41) is 0.688. The fourth-order valence-electron chi connectivity index (χ4n) is 3.48. The number of halogens is 1. The molecule has 0 unspecified atom stereocenters. The van der Waals surface area contributed by atoms with Crippen molar-refractivity contribution in [1.29, 1.82) is 0 Å². The Hall–Kier alpha value is -2.89. The summed E-state index contributed by atoms with van der Waals surface area (Å²) in [6, 6.07) is 1.20. The van der Waals surface area contributed by atoms with Gasteiger partial charge in [0.2, 0.25) is 5.91 Å². The van der Waals surface area contributed by atoms with Crippen molar-refractivity contribution in [3.63, 3.8) is 0 Å². The Morgan fingerprint density at radius 2 is 1.96 bits per heavy atom. The molecule has 2 aromatic rings. The van der Waals surface area contributed by atoms with Gasteiger partial charge in [0.05, 0.1) is 11.1 Å². The maximum Gasteiger partial charge on any atom is 0.250 e. The zero-order chi connectivity index (χ0) is 19.0. The number of nitrogens with one attached hydrogen (secondary N) is 1. The minimum Gasteiger partial charge on any atom is -0.366 e. The van der Waals surface area contributed by atoms with E-state index in [0.29, 0.717) is 42.4 Å². The number of nitrogens with zero attached hydrogens (tertiary/aromatic N) is 1.